The molecular formula is C14H18BrClO2. The van der Waals surface area contributed by atoms with Crippen LogP contribution in [-0.4, -0.2) is 19.5 Å². The highest BCUT2D eigenvalue weighted by Gasteiger charge is 2.12. The SMILES string of the molecule is COc1ccc(C=C(CBr)C(C)C)c(Cl)c1OC. The van der Waals surface area contributed by atoms with Gasteiger partial charge in [-0.25, -0.2) is 0 Å². The van der Waals surface area contributed by atoms with Crippen LogP contribution in [0.15, 0.2) is 17.7 Å². The van der Waals surface area contributed by atoms with Crippen molar-refractivity contribution in [1.82, 2.24) is 0 Å². The van der Waals surface area contributed by atoms with Gasteiger partial charge in [-0.2, -0.15) is 0 Å². The molecule has 0 saturated heterocycles. The Bertz CT molecular complexity index is 442. The maximum Gasteiger partial charge on any atom is 0.179 e. The minimum absolute atomic E-state index is 0.466. The van der Waals surface area contributed by atoms with Crippen molar-refractivity contribution in [1.29, 1.82) is 0 Å². The lowest BCUT2D eigenvalue weighted by Crippen LogP contribution is -1.96. The van der Waals surface area contributed by atoms with E-state index in [1.54, 1.807) is 14.2 Å². The highest BCUT2D eigenvalue weighted by molar-refractivity contribution is 9.09. The van der Waals surface area contributed by atoms with Crippen LogP contribution in [0.5, 0.6) is 11.5 Å². The zero-order chi connectivity index (χ0) is 13.7. The van der Waals surface area contributed by atoms with Gasteiger partial charge in [0.25, 0.3) is 0 Å². The summed E-state index contributed by atoms with van der Waals surface area (Å²) in [4.78, 5) is 0. The van der Waals surface area contributed by atoms with Crippen molar-refractivity contribution in [2.75, 3.05) is 19.5 Å². The summed E-state index contributed by atoms with van der Waals surface area (Å²) in [5.74, 6) is 1.68. The van der Waals surface area contributed by atoms with E-state index in [1.165, 1.54) is 5.57 Å². The number of benzene rings is 1. The van der Waals surface area contributed by atoms with E-state index in [1.807, 2.05) is 12.1 Å². The molecule has 0 atom stereocenters. The minimum atomic E-state index is 0.466. The monoisotopic (exact) mass is 332 g/mol. The Morgan fingerprint density at radius 2 is 2.00 bits per heavy atom. The van der Waals surface area contributed by atoms with E-state index in [2.05, 4.69) is 35.9 Å². The second-order valence-electron chi connectivity index (χ2n) is 4.21. The van der Waals surface area contributed by atoms with Crippen LogP contribution in [0.4, 0.5) is 0 Å². The summed E-state index contributed by atoms with van der Waals surface area (Å²) < 4.78 is 10.5. The molecular weight excluding hydrogens is 316 g/mol. The highest BCUT2D eigenvalue weighted by atomic mass is 79.9. The van der Waals surface area contributed by atoms with Crippen LogP contribution >= 0.6 is 27.5 Å². The van der Waals surface area contributed by atoms with Gasteiger partial charge in [-0.1, -0.05) is 53.0 Å². The summed E-state index contributed by atoms with van der Waals surface area (Å²) in [6, 6.07) is 3.80. The molecule has 0 unspecified atom stereocenters. The van der Waals surface area contributed by atoms with Crippen molar-refractivity contribution in [2.24, 2.45) is 5.92 Å². The molecule has 0 aliphatic carbocycles. The maximum absolute atomic E-state index is 6.33. The van der Waals surface area contributed by atoms with E-state index in [9.17, 15) is 0 Å². The van der Waals surface area contributed by atoms with Gasteiger partial charge in [-0.15, -0.1) is 0 Å². The Morgan fingerprint density at radius 1 is 1.33 bits per heavy atom. The Kier molecular flexibility index (Phi) is 6.03. The quantitative estimate of drug-likeness (QED) is 0.721. The molecule has 0 saturated carbocycles. The van der Waals surface area contributed by atoms with E-state index in [-0.39, 0.29) is 0 Å². The predicted octanol–water partition coefficient (Wildman–Crippen LogP) is 4.79. The minimum Gasteiger partial charge on any atom is -0.493 e. The number of hydrogen-bond acceptors (Lipinski definition) is 2. The standard InChI is InChI=1S/C14H18BrClO2/c1-9(2)11(8-15)7-10-5-6-12(17-3)14(18-4)13(10)16/h5-7,9H,8H2,1-4H3. The molecule has 0 radical (unpaired) electrons. The number of methoxy groups -OCH3 is 2. The molecule has 0 bridgehead atoms. The molecule has 0 spiro atoms. The summed E-state index contributed by atoms with van der Waals surface area (Å²) in [7, 11) is 3.19. The summed E-state index contributed by atoms with van der Waals surface area (Å²) in [5.41, 5.74) is 2.22. The molecule has 1 aromatic carbocycles. The first-order valence-corrected chi connectivity index (χ1v) is 7.22. The van der Waals surface area contributed by atoms with Crippen LogP contribution in [0.25, 0.3) is 6.08 Å². The molecule has 4 heteroatoms. The largest absolute Gasteiger partial charge is 0.493 e. The van der Waals surface area contributed by atoms with Gasteiger partial charge in [0.1, 0.15) is 0 Å². The van der Waals surface area contributed by atoms with Gasteiger partial charge in [0, 0.05) is 5.33 Å². The van der Waals surface area contributed by atoms with Crippen molar-refractivity contribution in [3.05, 3.63) is 28.3 Å². The lowest BCUT2D eigenvalue weighted by atomic mass is 10.0. The topological polar surface area (TPSA) is 18.5 Å². The molecule has 1 rings (SSSR count). The molecule has 0 aliphatic rings. The lowest BCUT2D eigenvalue weighted by molar-refractivity contribution is 0.355. The average Bonchev–Trinajstić information content (AvgIpc) is 2.36. The zero-order valence-corrected chi connectivity index (χ0v) is 13.4. The number of rotatable bonds is 5. The molecule has 18 heavy (non-hydrogen) atoms. The molecule has 0 amide bonds. The van der Waals surface area contributed by atoms with Crippen LogP contribution in [0.2, 0.25) is 5.02 Å². The Hall–Kier alpha value is -0.670. The molecule has 2 nitrogen and oxygen atoms in total. The van der Waals surface area contributed by atoms with Crippen LogP contribution < -0.4 is 9.47 Å². The summed E-state index contributed by atoms with van der Waals surface area (Å²) >= 11 is 9.83. The fourth-order valence-corrected chi connectivity index (χ4v) is 2.67. The molecule has 1 aromatic rings. The number of allylic oxidation sites excluding steroid dienone is 1. The first kappa shape index (κ1) is 15.4. The van der Waals surface area contributed by atoms with Crippen LogP contribution in [-0.2, 0) is 0 Å². The number of halogens is 2. The van der Waals surface area contributed by atoms with Gasteiger partial charge in [0.2, 0.25) is 0 Å². The Morgan fingerprint density at radius 3 is 2.44 bits per heavy atom. The van der Waals surface area contributed by atoms with Crippen molar-refractivity contribution in [2.45, 2.75) is 13.8 Å². The summed E-state index contributed by atoms with van der Waals surface area (Å²) in [5, 5.41) is 1.41. The Balaban J connectivity index is 3.27. The van der Waals surface area contributed by atoms with Gasteiger partial charge in [-0.05, 0) is 23.6 Å². The van der Waals surface area contributed by atoms with E-state index in [0.29, 0.717) is 22.4 Å². The first-order valence-electron chi connectivity index (χ1n) is 5.72. The van der Waals surface area contributed by atoms with E-state index in [4.69, 9.17) is 21.1 Å². The number of alkyl halides is 1. The molecule has 100 valence electrons. The predicted molar refractivity (Wildman–Crippen MR) is 81.2 cm³/mol. The fraction of sp³-hybridized carbons (Fsp3) is 0.429. The van der Waals surface area contributed by atoms with Gasteiger partial charge in [0.15, 0.2) is 11.5 Å². The smallest absolute Gasteiger partial charge is 0.179 e. The third kappa shape index (κ3) is 3.42. The third-order valence-corrected chi connectivity index (χ3v) is 3.79. The summed E-state index contributed by atoms with van der Waals surface area (Å²) in [6.45, 7) is 4.31. The van der Waals surface area contributed by atoms with Gasteiger partial charge in [0.05, 0.1) is 19.2 Å². The second kappa shape index (κ2) is 7.05. The van der Waals surface area contributed by atoms with Crippen molar-refractivity contribution < 1.29 is 9.47 Å². The molecule has 0 heterocycles. The molecule has 0 aromatic heterocycles. The summed E-state index contributed by atoms with van der Waals surface area (Å²) in [6.07, 6.45) is 2.09. The average molecular weight is 334 g/mol. The number of ether oxygens (including phenoxy) is 2. The second-order valence-corrected chi connectivity index (χ2v) is 5.15. The highest BCUT2D eigenvalue weighted by Crippen LogP contribution is 2.38. The van der Waals surface area contributed by atoms with Crippen LogP contribution in [0.3, 0.4) is 0 Å². The number of hydrogen-bond donors (Lipinski definition) is 0. The van der Waals surface area contributed by atoms with Gasteiger partial charge < -0.3 is 9.47 Å². The van der Waals surface area contributed by atoms with Crippen molar-refractivity contribution >= 4 is 33.6 Å². The maximum atomic E-state index is 6.33. The van der Waals surface area contributed by atoms with Crippen molar-refractivity contribution in [3.8, 4) is 11.5 Å². The first-order chi connectivity index (χ1) is 8.54. The Labute approximate surface area is 122 Å². The normalized spacial score (nSPS) is 11.8. The third-order valence-electron chi connectivity index (χ3n) is 2.75. The van der Waals surface area contributed by atoms with Crippen LogP contribution in [0, 0.1) is 5.92 Å². The van der Waals surface area contributed by atoms with Gasteiger partial charge >= 0.3 is 0 Å². The molecule has 0 aliphatic heterocycles. The van der Waals surface area contributed by atoms with E-state index < -0.39 is 0 Å². The van der Waals surface area contributed by atoms with Crippen LogP contribution in [0.1, 0.15) is 19.4 Å². The van der Waals surface area contributed by atoms with E-state index >= 15 is 0 Å². The van der Waals surface area contributed by atoms with E-state index in [0.717, 1.165) is 10.9 Å². The van der Waals surface area contributed by atoms with Gasteiger partial charge in [-0.3, -0.25) is 0 Å². The molecule has 0 fully saturated rings. The molecule has 0 N–H and O–H groups in total. The fourth-order valence-electron chi connectivity index (χ4n) is 1.58. The van der Waals surface area contributed by atoms with Crippen molar-refractivity contribution in [3.63, 3.8) is 0 Å². The zero-order valence-electron chi connectivity index (χ0n) is 11.1. The lowest BCUT2D eigenvalue weighted by Gasteiger charge is -2.13.